The molecule has 0 radical (unpaired) electrons. The van der Waals surface area contributed by atoms with E-state index in [2.05, 4.69) is 22.8 Å². The van der Waals surface area contributed by atoms with Crippen molar-refractivity contribution >= 4 is 52.7 Å². The Morgan fingerprint density at radius 1 is 1.08 bits per heavy atom. The van der Waals surface area contributed by atoms with Gasteiger partial charge in [0.15, 0.2) is 0 Å². The molecule has 1 amide bonds. The van der Waals surface area contributed by atoms with E-state index in [0.717, 1.165) is 33.7 Å². The summed E-state index contributed by atoms with van der Waals surface area (Å²) in [5, 5.41) is 17.1. The number of carbonyl (C=O) groups is 2. The molecule has 4 rings (SSSR count). The van der Waals surface area contributed by atoms with Gasteiger partial charge in [-0.1, -0.05) is 59.6 Å². The number of carboxylic acids is 1. The monoisotopic (exact) mass is 572 g/mol. The third-order valence-electron chi connectivity index (χ3n) is 6.04. The number of ether oxygens (including phenoxy) is 1. The van der Waals surface area contributed by atoms with Gasteiger partial charge in [0.1, 0.15) is 11.6 Å². The number of aliphatic carboxylic acids is 1. The van der Waals surface area contributed by atoms with Gasteiger partial charge in [0.2, 0.25) is 0 Å². The van der Waals surface area contributed by atoms with Gasteiger partial charge in [0.05, 0.1) is 6.04 Å². The van der Waals surface area contributed by atoms with Gasteiger partial charge in [-0.2, -0.15) is 0 Å². The van der Waals surface area contributed by atoms with Gasteiger partial charge < -0.3 is 20.5 Å². The SMILES string of the molecule is CC(C)(C)OC(=O)N[C@H](Cc1ccc2c(c1)C(Sc1ccccc1)CC(c1c(Cl)cccc1Cl)N2)C(=O)O. The fourth-order valence-electron chi connectivity index (χ4n) is 4.42. The lowest BCUT2D eigenvalue weighted by Gasteiger charge is -2.34. The molecule has 200 valence electrons. The summed E-state index contributed by atoms with van der Waals surface area (Å²) < 4.78 is 5.25. The molecule has 1 aliphatic rings. The third-order valence-corrected chi connectivity index (χ3v) is 7.98. The summed E-state index contributed by atoms with van der Waals surface area (Å²) in [6.45, 7) is 5.19. The Morgan fingerprint density at radius 2 is 1.76 bits per heavy atom. The summed E-state index contributed by atoms with van der Waals surface area (Å²) >= 11 is 14.9. The van der Waals surface area contributed by atoms with Crippen LogP contribution in [-0.4, -0.2) is 28.8 Å². The minimum atomic E-state index is -1.13. The second-order valence-corrected chi connectivity index (χ2v) is 12.2. The van der Waals surface area contributed by atoms with E-state index in [4.69, 9.17) is 27.9 Å². The molecule has 3 aromatic rings. The molecular formula is C29H30Cl2N2O4S. The van der Waals surface area contributed by atoms with E-state index >= 15 is 0 Å². The molecule has 1 aliphatic heterocycles. The van der Waals surface area contributed by atoms with Gasteiger partial charge in [0, 0.05) is 37.9 Å². The Hall–Kier alpha value is -2.87. The molecule has 9 heteroatoms. The van der Waals surface area contributed by atoms with Crippen molar-refractivity contribution in [3.63, 3.8) is 0 Å². The van der Waals surface area contributed by atoms with Crippen LogP contribution in [0.5, 0.6) is 0 Å². The largest absolute Gasteiger partial charge is 0.480 e. The fraction of sp³-hybridized carbons (Fsp3) is 0.310. The molecule has 0 saturated carbocycles. The first-order chi connectivity index (χ1) is 18.0. The lowest BCUT2D eigenvalue weighted by atomic mass is 9.91. The van der Waals surface area contributed by atoms with E-state index in [1.165, 1.54) is 0 Å². The molecule has 0 saturated heterocycles. The summed E-state index contributed by atoms with van der Waals surface area (Å²) in [5.41, 5.74) is 2.91. The van der Waals surface area contributed by atoms with Crippen LogP contribution in [-0.2, 0) is 16.0 Å². The Balaban J connectivity index is 1.63. The number of thioether (sulfide) groups is 1. The van der Waals surface area contributed by atoms with Crippen molar-refractivity contribution in [2.24, 2.45) is 0 Å². The normalized spacial score (nSPS) is 17.6. The molecule has 0 fully saturated rings. The Kier molecular flexibility index (Phi) is 8.81. The van der Waals surface area contributed by atoms with Gasteiger partial charge >= 0.3 is 12.1 Å². The lowest BCUT2D eigenvalue weighted by molar-refractivity contribution is -0.139. The van der Waals surface area contributed by atoms with Crippen LogP contribution in [0, 0.1) is 0 Å². The number of halogens is 2. The quantitative estimate of drug-likeness (QED) is 0.266. The van der Waals surface area contributed by atoms with E-state index in [1.807, 2.05) is 54.6 Å². The Labute approximate surface area is 237 Å². The van der Waals surface area contributed by atoms with Crippen molar-refractivity contribution in [1.29, 1.82) is 0 Å². The van der Waals surface area contributed by atoms with Gasteiger partial charge in [0.25, 0.3) is 0 Å². The van der Waals surface area contributed by atoms with Crippen molar-refractivity contribution in [2.45, 2.75) is 61.4 Å². The second kappa shape index (κ2) is 11.9. The summed E-state index contributed by atoms with van der Waals surface area (Å²) in [6.07, 6.45) is 0.0731. The zero-order chi connectivity index (χ0) is 27.4. The number of hydrogen-bond donors (Lipinski definition) is 3. The first-order valence-electron chi connectivity index (χ1n) is 12.3. The molecule has 2 unspecified atom stereocenters. The minimum Gasteiger partial charge on any atom is -0.480 e. The van der Waals surface area contributed by atoms with Crippen LogP contribution in [0.4, 0.5) is 10.5 Å². The third kappa shape index (κ3) is 7.16. The molecule has 3 atom stereocenters. The summed E-state index contributed by atoms with van der Waals surface area (Å²) in [5.74, 6) is -1.13. The Bertz CT molecular complexity index is 1290. The van der Waals surface area contributed by atoms with E-state index in [1.54, 1.807) is 32.5 Å². The van der Waals surface area contributed by atoms with Crippen LogP contribution in [0.25, 0.3) is 0 Å². The maximum absolute atomic E-state index is 12.2. The number of rotatable bonds is 7. The highest BCUT2D eigenvalue weighted by molar-refractivity contribution is 7.99. The van der Waals surface area contributed by atoms with Crippen LogP contribution in [0.1, 0.15) is 55.2 Å². The highest BCUT2D eigenvalue weighted by Crippen LogP contribution is 2.50. The number of hydrogen-bond acceptors (Lipinski definition) is 5. The van der Waals surface area contributed by atoms with E-state index in [9.17, 15) is 14.7 Å². The average molecular weight is 574 g/mol. The zero-order valence-corrected chi connectivity index (χ0v) is 23.7. The summed E-state index contributed by atoms with van der Waals surface area (Å²) in [6, 6.07) is 20.2. The Morgan fingerprint density at radius 3 is 2.39 bits per heavy atom. The van der Waals surface area contributed by atoms with Crippen LogP contribution < -0.4 is 10.6 Å². The molecule has 1 heterocycles. The van der Waals surface area contributed by atoms with Crippen molar-refractivity contribution in [3.05, 3.63) is 93.5 Å². The summed E-state index contributed by atoms with van der Waals surface area (Å²) in [7, 11) is 0. The first kappa shape index (κ1) is 28.1. The maximum Gasteiger partial charge on any atom is 0.408 e. The van der Waals surface area contributed by atoms with Crippen molar-refractivity contribution < 1.29 is 19.4 Å². The number of fused-ring (bicyclic) bond motifs is 1. The topological polar surface area (TPSA) is 87.7 Å². The van der Waals surface area contributed by atoms with Crippen LogP contribution in [0.15, 0.2) is 71.6 Å². The van der Waals surface area contributed by atoms with Gasteiger partial charge in [-0.3, -0.25) is 0 Å². The highest BCUT2D eigenvalue weighted by Gasteiger charge is 2.32. The molecular weight excluding hydrogens is 543 g/mol. The molecule has 0 bridgehead atoms. The minimum absolute atomic E-state index is 0.0491. The molecule has 0 aliphatic carbocycles. The standard InChI is InChI=1S/C29H30Cl2N2O4S/c1-29(2,3)37-28(36)33-24(27(34)35)15-17-12-13-22-19(14-17)25(38-18-8-5-4-6-9-18)16-23(32-22)26-20(30)10-7-11-21(26)31/h4-14,23-25,32H,15-16H2,1-3H3,(H,33,36)(H,34,35)/t23?,24-,25?/m1/s1. The van der Waals surface area contributed by atoms with E-state index in [-0.39, 0.29) is 17.7 Å². The number of carboxylic acid groups (broad SMARTS) is 1. The molecule has 0 spiro atoms. The molecule has 6 nitrogen and oxygen atoms in total. The van der Waals surface area contributed by atoms with Gasteiger partial charge in [-0.25, -0.2) is 9.59 Å². The van der Waals surface area contributed by atoms with Gasteiger partial charge in [-0.15, -0.1) is 11.8 Å². The maximum atomic E-state index is 12.2. The lowest BCUT2D eigenvalue weighted by Crippen LogP contribution is -2.44. The van der Waals surface area contributed by atoms with Crippen molar-refractivity contribution in [1.82, 2.24) is 5.32 Å². The van der Waals surface area contributed by atoms with E-state index < -0.39 is 23.7 Å². The van der Waals surface area contributed by atoms with Crippen LogP contribution >= 0.6 is 35.0 Å². The number of anilines is 1. The fourth-order valence-corrected chi connectivity index (χ4v) is 6.33. The predicted molar refractivity (Wildman–Crippen MR) is 153 cm³/mol. The predicted octanol–water partition coefficient (Wildman–Crippen LogP) is 7.90. The van der Waals surface area contributed by atoms with Crippen molar-refractivity contribution in [3.8, 4) is 0 Å². The number of amides is 1. The van der Waals surface area contributed by atoms with Gasteiger partial charge in [-0.05, 0) is 68.7 Å². The molecule has 3 aromatic carbocycles. The van der Waals surface area contributed by atoms with Crippen LogP contribution in [0.2, 0.25) is 10.0 Å². The molecule has 0 aromatic heterocycles. The van der Waals surface area contributed by atoms with Crippen molar-refractivity contribution in [2.75, 3.05) is 5.32 Å². The smallest absolute Gasteiger partial charge is 0.408 e. The molecule has 38 heavy (non-hydrogen) atoms. The first-order valence-corrected chi connectivity index (χ1v) is 13.9. The molecule has 3 N–H and O–H groups in total. The number of benzene rings is 3. The van der Waals surface area contributed by atoms with E-state index in [0.29, 0.717) is 10.0 Å². The second-order valence-electron chi connectivity index (χ2n) is 10.2. The number of alkyl carbamates (subject to hydrolysis) is 1. The number of nitrogens with one attached hydrogen (secondary N) is 2. The zero-order valence-electron chi connectivity index (χ0n) is 21.3. The average Bonchev–Trinajstić information content (AvgIpc) is 2.83. The summed E-state index contributed by atoms with van der Waals surface area (Å²) in [4.78, 5) is 25.3. The highest BCUT2D eigenvalue weighted by atomic mass is 35.5. The number of carbonyl (C=O) groups excluding carboxylic acids is 1. The van der Waals surface area contributed by atoms with Crippen LogP contribution in [0.3, 0.4) is 0 Å².